The van der Waals surface area contributed by atoms with Crippen molar-refractivity contribution in [2.24, 2.45) is 0 Å². The zero-order chi connectivity index (χ0) is 18.9. The van der Waals surface area contributed by atoms with Gasteiger partial charge in [0.25, 0.3) is 0 Å². The minimum atomic E-state index is 0.326. The zero-order valence-corrected chi connectivity index (χ0v) is 17.2. The van der Waals surface area contributed by atoms with Crippen LogP contribution >= 0.6 is 15.9 Å². The molecule has 5 rings (SSSR count). The van der Waals surface area contributed by atoms with Crippen LogP contribution in [0, 0.1) is 0 Å². The minimum Gasteiger partial charge on any atom is -0.486 e. The van der Waals surface area contributed by atoms with E-state index < -0.39 is 0 Å². The third kappa shape index (κ3) is 3.79. The van der Waals surface area contributed by atoms with Crippen LogP contribution in [0.25, 0.3) is 0 Å². The summed E-state index contributed by atoms with van der Waals surface area (Å²) in [6.45, 7) is 7.61. The Bertz CT molecular complexity index is 868. The Hall–Kier alpha value is -1.96. The van der Waals surface area contributed by atoms with E-state index >= 15 is 0 Å². The molecule has 3 heterocycles. The van der Waals surface area contributed by atoms with Crippen molar-refractivity contribution in [3.63, 3.8) is 0 Å². The van der Waals surface area contributed by atoms with E-state index in [1.54, 1.807) is 0 Å². The van der Waals surface area contributed by atoms with E-state index in [1.165, 1.54) is 11.1 Å². The fourth-order valence-corrected chi connectivity index (χ4v) is 4.32. The van der Waals surface area contributed by atoms with E-state index in [1.807, 2.05) is 12.1 Å². The van der Waals surface area contributed by atoms with Crippen molar-refractivity contribution in [3.05, 3.63) is 45.9 Å². The largest absolute Gasteiger partial charge is 0.486 e. The summed E-state index contributed by atoms with van der Waals surface area (Å²) >= 11 is 3.69. The highest BCUT2D eigenvalue weighted by atomic mass is 79.9. The van der Waals surface area contributed by atoms with Crippen molar-refractivity contribution >= 4 is 15.9 Å². The van der Waals surface area contributed by atoms with Gasteiger partial charge < -0.3 is 18.9 Å². The molecule has 0 N–H and O–H groups in total. The van der Waals surface area contributed by atoms with E-state index in [-0.39, 0.29) is 0 Å². The van der Waals surface area contributed by atoms with Crippen LogP contribution in [0.3, 0.4) is 0 Å². The molecular weight excluding hydrogens is 424 g/mol. The van der Waals surface area contributed by atoms with Gasteiger partial charge in [-0.2, -0.15) is 0 Å². The molecule has 3 aliphatic rings. The van der Waals surface area contributed by atoms with Gasteiger partial charge in [-0.1, -0.05) is 22.0 Å². The molecule has 28 heavy (non-hydrogen) atoms. The summed E-state index contributed by atoms with van der Waals surface area (Å²) in [6.07, 6.45) is 0. The third-order valence-corrected chi connectivity index (χ3v) is 6.15. The highest BCUT2D eigenvalue weighted by Gasteiger charge is 2.21. The lowest BCUT2D eigenvalue weighted by atomic mass is 10.1. The van der Waals surface area contributed by atoms with Gasteiger partial charge in [-0.05, 0) is 35.4 Å². The lowest BCUT2D eigenvalue weighted by Crippen LogP contribution is -2.45. The molecular formula is C21H23BrN2O4. The van der Waals surface area contributed by atoms with Crippen LogP contribution < -0.4 is 18.9 Å². The summed E-state index contributed by atoms with van der Waals surface area (Å²) in [5.74, 6) is 3.39. The Labute approximate surface area is 173 Å². The number of benzene rings is 2. The van der Waals surface area contributed by atoms with Crippen molar-refractivity contribution in [2.45, 2.75) is 13.1 Å². The molecule has 3 aliphatic heterocycles. The van der Waals surface area contributed by atoms with Crippen LogP contribution in [-0.2, 0) is 13.1 Å². The van der Waals surface area contributed by atoms with Gasteiger partial charge in [-0.15, -0.1) is 0 Å². The molecule has 1 saturated heterocycles. The molecule has 2 aromatic rings. The number of ether oxygens (including phenoxy) is 4. The molecule has 0 unspecified atom stereocenters. The summed E-state index contributed by atoms with van der Waals surface area (Å²) in [5, 5.41) is 0. The molecule has 1 fully saturated rings. The highest BCUT2D eigenvalue weighted by molar-refractivity contribution is 9.10. The van der Waals surface area contributed by atoms with Crippen LogP contribution in [0.5, 0.6) is 23.0 Å². The summed E-state index contributed by atoms with van der Waals surface area (Å²) in [5.41, 5.74) is 2.51. The van der Waals surface area contributed by atoms with Crippen LogP contribution in [0.2, 0.25) is 0 Å². The third-order valence-electron chi connectivity index (χ3n) is 5.41. The summed E-state index contributed by atoms with van der Waals surface area (Å²) in [7, 11) is 0. The molecule has 6 nitrogen and oxygen atoms in total. The predicted molar refractivity (Wildman–Crippen MR) is 108 cm³/mol. The average molecular weight is 447 g/mol. The maximum Gasteiger partial charge on any atom is 0.231 e. The summed E-state index contributed by atoms with van der Waals surface area (Å²) in [4.78, 5) is 4.99. The van der Waals surface area contributed by atoms with E-state index in [2.05, 4.69) is 43.9 Å². The molecule has 0 aliphatic carbocycles. The lowest BCUT2D eigenvalue weighted by molar-refractivity contribution is 0.121. The van der Waals surface area contributed by atoms with Gasteiger partial charge in [0.2, 0.25) is 6.79 Å². The fraction of sp³-hybridized carbons (Fsp3) is 0.429. The summed E-state index contributed by atoms with van der Waals surface area (Å²) in [6, 6.07) is 10.4. The van der Waals surface area contributed by atoms with Gasteiger partial charge >= 0.3 is 0 Å². The summed E-state index contributed by atoms with van der Waals surface area (Å²) < 4.78 is 23.4. The molecule has 0 saturated carbocycles. The Morgan fingerprint density at radius 3 is 2.14 bits per heavy atom. The van der Waals surface area contributed by atoms with E-state index in [0.717, 1.165) is 66.7 Å². The van der Waals surface area contributed by atoms with E-state index in [9.17, 15) is 0 Å². The number of rotatable bonds is 4. The van der Waals surface area contributed by atoms with Crippen molar-refractivity contribution in [2.75, 3.05) is 46.2 Å². The number of fused-ring (bicyclic) bond motifs is 2. The lowest BCUT2D eigenvalue weighted by Gasteiger charge is -2.35. The van der Waals surface area contributed by atoms with Crippen molar-refractivity contribution < 1.29 is 18.9 Å². The second-order valence-electron chi connectivity index (χ2n) is 7.33. The first kappa shape index (κ1) is 18.1. The first-order chi connectivity index (χ1) is 13.7. The zero-order valence-electron chi connectivity index (χ0n) is 15.7. The van der Waals surface area contributed by atoms with Gasteiger partial charge in [0.05, 0.1) is 0 Å². The Balaban J connectivity index is 1.17. The van der Waals surface area contributed by atoms with Gasteiger partial charge in [-0.25, -0.2) is 0 Å². The topological polar surface area (TPSA) is 43.4 Å². The molecule has 0 aromatic heterocycles. The molecule has 0 radical (unpaired) electrons. The smallest absolute Gasteiger partial charge is 0.231 e. The first-order valence-corrected chi connectivity index (χ1v) is 10.5. The molecule has 0 bridgehead atoms. The monoisotopic (exact) mass is 446 g/mol. The number of halogens is 1. The highest BCUT2D eigenvalue weighted by Crippen LogP contribution is 2.36. The van der Waals surface area contributed by atoms with Crippen LogP contribution in [-0.4, -0.2) is 56.0 Å². The second-order valence-corrected chi connectivity index (χ2v) is 8.18. The predicted octanol–water partition coefficient (Wildman–Crippen LogP) is 3.27. The van der Waals surface area contributed by atoms with Gasteiger partial charge in [0.1, 0.15) is 13.2 Å². The molecule has 0 atom stereocenters. The Morgan fingerprint density at radius 2 is 1.36 bits per heavy atom. The molecule has 2 aromatic carbocycles. The normalized spacial score (nSPS) is 19.0. The molecule has 148 valence electrons. The maximum atomic E-state index is 5.73. The second kappa shape index (κ2) is 7.81. The van der Waals surface area contributed by atoms with E-state index in [4.69, 9.17) is 18.9 Å². The number of nitrogens with zero attached hydrogens (tertiary/aromatic N) is 2. The van der Waals surface area contributed by atoms with Crippen molar-refractivity contribution in [1.29, 1.82) is 0 Å². The Morgan fingerprint density at radius 1 is 0.714 bits per heavy atom. The maximum absolute atomic E-state index is 5.73. The standard InChI is InChI=1S/C21H23BrN2O4/c22-17-11-21-20(25-7-8-26-21)10-16(17)13-24-5-3-23(4-6-24)12-15-1-2-18-19(9-15)28-14-27-18/h1-2,9-11H,3-8,12-14H2. The van der Waals surface area contributed by atoms with Gasteiger partial charge in [-0.3, -0.25) is 9.80 Å². The van der Waals surface area contributed by atoms with Crippen molar-refractivity contribution in [3.8, 4) is 23.0 Å². The Kier molecular flexibility index (Phi) is 5.05. The molecule has 7 heteroatoms. The average Bonchev–Trinajstić information content (AvgIpc) is 3.18. The van der Waals surface area contributed by atoms with Gasteiger partial charge in [0, 0.05) is 43.7 Å². The minimum absolute atomic E-state index is 0.326. The van der Waals surface area contributed by atoms with Gasteiger partial charge in [0.15, 0.2) is 23.0 Å². The SMILES string of the molecule is Brc1cc2c(cc1CN1CCN(Cc3ccc4c(c3)OCO4)CC1)OCCO2. The number of piperazine rings is 1. The van der Waals surface area contributed by atoms with Crippen LogP contribution in [0.4, 0.5) is 0 Å². The molecule has 0 spiro atoms. The van der Waals surface area contributed by atoms with Crippen LogP contribution in [0.15, 0.2) is 34.8 Å². The number of hydrogen-bond acceptors (Lipinski definition) is 6. The van der Waals surface area contributed by atoms with Crippen LogP contribution in [0.1, 0.15) is 11.1 Å². The van der Waals surface area contributed by atoms with Crippen molar-refractivity contribution in [1.82, 2.24) is 9.80 Å². The quantitative estimate of drug-likeness (QED) is 0.717. The first-order valence-electron chi connectivity index (χ1n) is 9.66. The van der Waals surface area contributed by atoms with E-state index in [0.29, 0.717) is 20.0 Å². The number of hydrogen-bond donors (Lipinski definition) is 0. The molecule has 0 amide bonds. The fourth-order valence-electron chi connectivity index (χ4n) is 3.87.